The van der Waals surface area contributed by atoms with Gasteiger partial charge in [0.25, 0.3) is 5.92 Å². The van der Waals surface area contributed by atoms with Crippen molar-refractivity contribution in [2.45, 2.75) is 78.3 Å². The first-order valence-electron chi connectivity index (χ1n) is 12.2. The molecule has 0 bridgehead atoms. The third-order valence-corrected chi connectivity index (χ3v) is 6.76. The number of likely N-dealkylation sites (tertiary alicyclic amines) is 2. The van der Waals surface area contributed by atoms with Crippen LogP contribution >= 0.6 is 0 Å². The Balaban J connectivity index is 0.00000155. The Bertz CT molecular complexity index is 515. The SMILES string of the molecule is CC.CCCN1CCC(N2CCC(N3CCN(C(=O)C(C)C)CC3)CC2)C(F)(F)C1. The van der Waals surface area contributed by atoms with Gasteiger partial charge in [0.2, 0.25) is 5.91 Å². The van der Waals surface area contributed by atoms with Gasteiger partial charge in [-0.25, -0.2) is 8.78 Å². The molecule has 0 aromatic rings. The average Bonchev–Trinajstić information content (AvgIpc) is 2.74. The number of amides is 1. The number of hydrogen-bond donors (Lipinski definition) is 0. The molecule has 3 saturated heterocycles. The number of hydrogen-bond acceptors (Lipinski definition) is 4. The number of carbonyl (C=O) groups is 1. The molecule has 30 heavy (non-hydrogen) atoms. The second-order valence-corrected chi connectivity index (χ2v) is 9.12. The average molecular weight is 431 g/mol. The number of rotatable bonds is 5. The van der Waals surface area contributed by atoms with Crippen molar-refractivity contribution in [2.75, 3.05) is 58.9 Å². The van der Waals surface area contributed by atoms with E-state index in [1.165, 1.54) is 0 Å². The van der Waals surface area contributed by atoms with Crippen LogP contribution in [0.15, 0.2) is 0 Å². The predicted octanol–water partition coefficient (Wildman–Crippen LogP) is 3.40. The van der Waals surface area contributed by atoms with Gasteiger partial charge in [-0.05, 0) is 32.2 Å². The van der Waals surface area contributed by atoms with Gasteiger partial charge in [-0.2, -0.15) is 0 Å². The van der Waals surface area contributed by atoms with Gasteiger partial charge in [-0.1, -0.05) is 34.6 Å². The zero-order valence-electron chi connectivity index (χ0n) is 19.9. The van der Waals surface area contributed by atoms with Gasteiger partial charge >= 0.3 is 0 Å². The van der Waals surface area contributed by atoms with E-state index in [-0.39, 0.29) is 18.4 Å². The topological polar surface area (TPSA) is 30.0 Å². The Morgan fingerprint density at radius 3 is 2.03 bits per heavy atom. The largest absolute Gasteiger partial charge is 0.340 e. The van der Waals surface area contributed by atoms with Gasteiger partial charge < -0.3 is 4.90 Å². The van der Waals surface area contributed by atoms with E-state index in [4.69, 9.17) is 0 Å². The summed E-state index contributed by atoms with van der Waals surface area (Å²) in [4.78, 5) is 20.6. The highest BCUT2D eigenvalue weighted by Gasteiger charge is 2.47. The maximum atomic E-state index is 14.7. The van der Waals surface area contributed by atoms with Crippen molar-refractivity contribution in [3.63, 3.8) is 0 Å². The molecule has 0 spiro atoms. The summed E-state index contributed by atoms with van der Waals surface area (Å²) < 4.78 is 29.5. The first-order valence-corrected chi connectivity index (χ1v) is 12.2. The van der Waals surface area contributed by atoms with E-state index in [2.05, 4.69) is 9.80 Å². The van der Waals surface area contributed by atoms with Crippen LogP contribution in [0.5, 0.6) is 0 Å². The quantitative estimate of drug-likeness (QED) is 0.669. The van der Waals surface area contributed by atoms with E-state index in [0.717, 1.165) is 71.6 Å². The second-order valence-electron chi connectivity index (χ2n) is 9.12. The van der Waals surface area contributed by atoms with Crippen molar-refractivity contribution < 1.29 is 13.6 Å². The van der Waals surface area contributed by atoms with Crippen LogP contribution in [0.2, 0.25) is 0 Å². The van der Waals surface area contributed by atoms with Crippen LogP contribution < -0.4 is 0 Å². The standard InChI is InChI=1S/C21H38F2N4O.C2H6/c1-4-8-24-9-7-19(21(22,23)16-24)26-10-5-18(6-11-26)25-12-14-27(15-13-25)20(28)17(2)3;1-2/h17-19H,4-16H2,1-3H3;1-2H3. The van der Waals surface area contributed by atoms with Crippen molar-refractivity contribution in [1.29, 1.82) is 0 Å². The second kappa shape index (κ2) is 11.7. The molecule has 0 aliphatic carbocycles. The molecule has 1 amide bonds. The molecular weight excluding hydrogens is 386 g/mol. The van der Waals surface area contributed by atoms with Crippen molar-refractivity contribution in [3.05, 3.63) is 0 Å². The lowest BCUT2D eigenvalue weighted by Gasteiger charge is -2.48. The lowest BCUT2D eigenvalue weighted by atomic mass is 9.94. The number of piperidine rings is 2. The molecule has 3 aliphatic heterocycles. The Morgan fingerprint density at radius 2 is 1.53 bits per heavy atom. The van der Waals surface area contributed by atoms with Crippen LogP contribution in [0.4, 0.5) is 8.78 Å². The molecule has 1 atom stereocenters. The molecule has 0 radical (unpaired) electrons. The molecule has 3 aliphatic rings. The van der Waals surface area contributed by atoms with Gasteiger partial charge in [0.15, 0.2) is 0 Å². The molecule has 7 heteroatoms. The van der Waals surface area contributed by atoms with Crippen LogP contribution in [-0.2, 0) is 4.79 Å². The molecule has 3 fully saturated rings. The normalized spacial score (nSPS) is 27.1. The van der Waals surface area contributed by atoms with Gasteiger partial charge in [0.1, 0.15) is 0 Å². The first kappa shape index (κ1) is 25.5. The van der Waals surface area contributed by atoms with E-state index in [1.54, 1.807) is 0 Å². The Labute approximate surface area is 182 Å². The highest BCUT2D eigenvalue weighted by molar-refractivity contribution is 5.78. The van der Waals surface area contributed by atoms with Crippen LogP contribution in [0.3, 0.4) is 0 Å². The Morgan fingerprint density at radius 1 is 0.933 bits per heavy atom. The minimum atomic E-state index is -2.61. The fraction of sp³-hybridized carbons (Fsp3) is 0.957. The summed E-state index contributed by atoms with van der Waals surface area (Å²) in [7, 11) is 0. The van der Waals surface area contributed by atoms with E-state index >= 15 is 0 Å². The summed E-state index contributed by atoms with van der Waals surface area (Å²) in [6.07, 6.45) is 3.43. The van der Waals surface area contributed by atoms with Crippen molar-refractivity contribution >= 4 is 5.91 Å². The minimum Gasteiger partial charge on any atom is -0.340 e. The maximum absolute atomic E-state index is 14.7. The van der Waals surface area contributed by atoms with Crippen LogP contribution in [0.1, 0.15) is 60.3 Å². The smallest absolute Gasteiger partial charge is 0.275 e. The zero-order valence-corrected chi connectivity index (χ0v) is 19.9. The van der Waals surface area contributed by atoms with Crippen LogP contribution in [-0.4, -0.2) is 102 Å². The summed E-state index contributed by atoms with van der Waals surface area (Å²) in [5.74, 6) is -2.31. The van der Waals surface area contributed by atoms with Gasteiger partial charge in [0, 0.05) is 57.8 Å². The molecule has 1 unspecified atom stereocenters. The lowest BCUT2D eigenvalue weighted by molar-refractivity contribution is -0.138. The predicted molar refractivity (Wildman–Crippen MR) is 119 cm³/mol. The van der Waals surface area contributed by atoms with Crippen LogP contribution in [0.25, 0.3) is 0 Å². The fourth-order valence-corrected chi connectivity index (χ4v) is 5.19. The molecule has 5 nitrogen and oxygen atoms in total. The maximum Gasteiger partial charge on any atom is 0.275 e. The number of nitrogens with zero attached hydrogens (tertiary/aromatic N) is 4. The summed E-state index contributed by atoms with van der Waals surface area (Å²) in [5.41, 5.74) is 0. The summed E-state index contributed by atoms with van der Waals surface area (Å²) in [6, 6.07) is -0.122. The lowest BCUT2D eigenvalue weighted by Crippen LogP contribution is -2.61. The Hall–Kier alpha value is -0.790. The highest BCUT2D eigenvalue weighted by Crippen LogP contribution is 2.33. The molecule has 0 saturated carbocycles. The number of piperazine rings is 1. The van der Waals surface area contributed by atoms with E-state index in [0.29, 0.717) is 12.5 Å². The van der Waals surface area contributed by atoms with E-state index in [1.807, 2.05) is 44.4 Å². The molecule has 0 aromatic heterocycles. The minimum absolute atomic E-state index is 0.0557. The van der Waals surface area contributed by atoms with Crippen molar-refractivity contribution in [3.8, 4) is 0 Å². The molecule has 3 heterocycles. The first-order chi connectivity index (χ1) is 14.3. The Kier molecular flexibility index (Phi) is 9.95. The van der Waals surface area contributed by atoms with Gasteiger partial charge in [0.05, 0.1) is 12.6 Å². The van der Waals surface area contributed by atoms with E-state index < -0.39 is 12.0 Å². The molecule has 0 N–H and O–H groups in total. The monoisotopic (exact) mass is 430 g/mol. The molecule has 3 rings (SSSR count). The van der Waals surface area contributed by atoms with Gasteiger partial charge in [-0.3, -0.25) is 19.5 Å². The molecular formula is C23H44F2N4O. The fourth-order valence-electron chi connectivity index (χ4n) is 5.19. The van der Waals surface area contributed by atoms with E-state index in [9.17, 15) is 13.6 Å². The third-order valence-electron chi connectivity index (χ3n) is 6.76. The summed E-state index contributed by atoms with van der Waals surface area (Å²) in [6.45, 7) is 16.4. The number of alkyl halides is 2. The number of halogens is 2. The zero-order chi connectivity index (χ0) is 22.3. The number of carbonyl (C=O) groups excluding carboxylic acids is 1. The third kappa shape index (κ3) is 6.36. The summed E-state index contributed by atoms with van der Waals surface area (Å²) in [5, 5.41) is 0. The van der Waals surface area contributed by atoms with Crippen molar-refractivity contribution in [2.24, 2.45) is 5.92 Å². The highest BCUT2D eigenvalue weighted by atomic mass is 19.3. The van der Waals surface area contributed by atoms with Gasteiger partial charge in [-0.15, -0.1) is 0 Å². The molecule has 0 aromatic carbocycles. The van der Waals surface area contributed by atoms with Crippen molar-refractivity contribution in [1.82, 2.24) is 19.6 Å². The summed E-state index contributed by atoms with van der Waals surface area (Å²) >= 11 is 0. The molecule has 176 valence electrons. The van der Waals surface area contributed by atoms with Crippen LogP contribution in [0, 0.1) is 5.92 Å².